The molecule has 0 aliphatic carbocycles. The van der Waals surface area contributed by atoms with Crippen LogP contribution in [0.1, 0.15) is 27.8 Å². The van der Waals surface area contributed by atoms with Crippen molar-refractivity contribution in [1.82, 2.24) is 4.57 Å². The lowest BCUT2D eigenvalue weighted by molar-refractivity contribution is 0.354. The minimum absolute atomic E-state index is 0.00294. The highest BCUT2D eigenvalue weighted by atomic mass is 16.5. The maximum atomic E-state index is 13.2. The van der Waals surface area contributed by atoms with E-state index >= 15 is 0 Å². The molecule has 2 aromatic carbocycles. The topological polar surface area (TPSA) is 109 Å². The van der Waals surface area contributed by atoms with E-state index in [0.29, 0.717) is 23.6 Å². The van der Waals surface area contributed by atoms with E-state index in [1.54, 1.807) is 33.3 Å². The standard InChI is InChI=1S/C25H26N4O4/c1-15-6-7-16(2)20(12-15)27-28-23-17(3)19(14-26)24(30)29(25(23)31)11-10-18-8-9-21(32-4)22(13-18)33-5/h6-9,12-13,30H,10-11H2,1-5H3. The third kappa shape index (κ3) is 4.88. The van der Waals surface area contributed by atoms with Gasteiger partial charge in [-0.2, -0.15) is 10.4 Å². The van der Waals surface area contributed by atoms with E-state index in [1.807, 2.05) is 44.2 Å². The van der Waals surface area contributed by atoms with Crippen LogP contribution in [0, 0.1) is 32.1 Å². The van der Waals surface area contributed by atoms with Gasteiger partial charge in [0.25, 0.3) is 5.56 Å². The van der Waals surface area contributed by atoms with Crippen LogP contribution >= 0.6 is 0 Å². The summed E-state index contributed by atoms with van der Waals surface area (Å²) in [6, 6.07) is 13.2. The first-order chi connectivity index (χ1) is 15.8. The molecule has 3 aromatic rings. The van der Waals surface area contributed by atoms with Crippen LogP contribution in [0.25, 0.3) is 0 Å². The number of methoxy groups -OCH3 is 2. The minimum atomic E-state index is -0.515. The summed E-state index contributed by atoms with van der Waals surface area (Å²) in [5.41, 5.74) is 3.23. The third-order valence-corrected chi connectivity index (χ3v) is 5.46. The van der Waals surface area contributed by atoms with E-state index in [4.69, 9.17) is 9.47 Å². The van der Waals surface area contributed by atoms with Crippen LogP contribution in [0.3, 0.4) is 0 Å². The molecule has 0 saturated heterocycles. The number of aryl methyl sites for hydroxylation is 3. The lowest BCUT2D eigenvalue weighted by Crippen LogP contribution is -2.23. The number of aromatic nitrogens is 1. The number of ether oxygens (including phenoxy) is 2. The number of nitrogens with zero attached hydrogens (tertiary/aromatic N) is 4. The molecule has 1 N–H and O–H groups in total. The smallest absolute Gasteiger partial charge is 0.281 e. The van der Waals surface area contributed by atoms with Crippen LogP contribution in [0.5, 0.6) is 17.4 Å². The summed E-state index contributed by atoms with van der Waals surface area (Å²) in [6.07, 6.45) is 0.412. The first-order valence-electron chi connectivity index (χ1n) is 10.4. The normalized spacial score (nSPS) is 10.9. The molecule has 8 nitrogen and oxygen atoms in total. The summed E-state index contributed by atoms with van der Waals surface area (Å²) in [4.78, 5) is 13.2. The average Bonchev–Trinajstić information content (AvgIpc) is 2.81. The van der Waals surface area contributed by atoms with Gasteiger partial charge in [-0.1, -0.05) is 18.2 Å². The quantitative estimate of drug-likeness (QED) is 0.512. The van der Waals surface area contributed by atoms with Crippen molar-refractivity contribution >= 4 is 11.4 Å². The monoisotopic (exact) mass is 446 g/mol. The van der Waals surface area contributed by atoms with Gasteiger partial charge in [0, 0.05) is 12.1 Å². The maximum absolute atomic E-state index is 13.2. The van der Waals surface area contributed by atoms with Crippen molar-refractivity contribution in [2.75, 3.05) is 14.2 Å². The molecule has 33 heavy (non-hydrogen) atoms. The van der Waals surface area contributed by atoms with Crippen LogP contribution in [-0.2, 0) is 13.0 Å². The second-order valence-corrected chi connectivity index (χ2v) is 7.67. The third-order valence-electron chi connectivity index (χ3n) is 5.46. The number of nitriles is 1. The van der Waals surface area contributed by atoms with Crippen molar-refractivity contribution in [2.45, 2.75) is 33.7 Å². The molecular formula is C25H26N4O4. The Morgan fingerprint density at radius 3 is 2.42 bits per heavy atom. The van der Waals surface area contributed by atoms with Gasteiger partial charge in [0.2, 0.25) is 5.88 Å². The van der Waals surface area contributed by atoms with Crippen LogP contribution in [0.2, 0.25) is 0 Å². The van der Waals surface area contributed by atoms with E-state index in [-0.39, 0.29) is 29.2 Å². The first-order valence-corrected chi connectivity index (χ1v) is 10.4. The Bertz CT molecular complexity index is 1320. The summed E-state index contributed by atoms with van der Waals surface area (Å²) in [5, 5.41) is 28.7. The number of pyridine rings is 1. The average molecular weight is 447 g/mol. The largest absolute Gasteiger partial charge is 0.493 e. The second kappa shape index (κ2) is 10.0. The van der Waals surface area contributed by atoms with Crippen molar-refractivity contribution in [1.29, 1.82) is 5.26 Å². The van der Waals surface area contributed by atoms with Crippen LogP contribution < -0.4 is 15.0 Å². The maximum Gasteiger partial charge on any atom is 0.281 e. The summed E-state index contributed by atoms with van der Waals surface area (Å²) < 4.78 is 11.7. The van der Waals surface area contributed by atoms with Gasteiger partial charge in [0.05, 0.1) is 19.9 Å². The predicted molar refractivity (Wildman–Crippen MR) is 125 cm³/mol. The molecule has 0 atom stereocenters. The molecule has 0 bridgehead atoms. The Kier molecular flexibility index (Phi) is 7.13. The number of rotatable bonds is 7. The fourth-order valence-corrected chi connectivity index (χ4v) is 3.47. The van der Waals surface area contributed by atoms with Crippen LogP contribution in [-0.4, -0.2) is 23.9 Å². The predicted octanol–water partition coefficient (Wildman–Crippen LogP) is 5.03. The number of azo groups is 1. The highest BCUT2D eigenvalue weighted by Gasteiger charge is 2.19. The molecule has 0 amide bonds. The Morgan fingerprint density at radius 1 is 1.03 bits per heavy atom. The van der Waals surface area contributed by atoms with E-state index in [2.05, 4.69) is 10.2 Å². The zero-order valence-electron chi connectivity index (χ0n) is 19.3. The number of aromatic hydroxyl groups is 1. The molecular weight excluding hydrogens is 420 g/mol. The fourth-order valence-electron chi connectivity index (χ4n) is 3.47. The summed E-state index contributed by atoms with van der Waals surface area (Å²) in [6.45, 7) is 5.57. The van der Waals surface area contributed by atoms with Crippen molar-refractivity contribution < 1.29 is 14.6 Å². The summed E-state index contributed by atoms with van der Waals surface area (Å²) >= 11 is 0. The van der Waals surface area contributed by atoms with Crippen molar-refractivity contribution in [3.05, 3.63) is 74.6 Å². The molecule has 3 rings (SSSR count). The zero-order chi connectivity index (χ0) is 24.1. The molecule has 170 valence electrons. The zero-order valence-corrected chi connectivity index (χ0v) is 19.3. The Hall–Kier alpha value is -4.12. The van der Waals surface area contributed by atoms with Gasteiger partial charge in [-0.05, 0) is 62.1 Å². The molecule has 1 heterocycles. The lowest BCUT2D eigenvalue weighted by atomic mass is 10.1. The highest BCUT2D eigenvalue weighted by Crippen LogP contribution is 2.30. The van der Waals surface area contributed by atoms with Crippen LogP contribution in [0.4, 0.5) is 11.4 Å². The number of hydrogen-bond acceptors (Lipinski definition) is 7. The van der Waals surface area contributed by atoms with Crippen molar-refractivity contribution in [2.24, 2.45) is 10.2 Å². The molecule has 8 heteroatoms. The van der Waals surface area contributed by atoms with E-state index in [0.717, 1.165) is 21.3 Å². The van der Waals surface area contributed by atoms with Gasteiger partial charge in [0.1, 0.15) is 11.6 Å². The van der Waals surface area contributed by atoms with Crippen molar-refractivity contribution in [3.63, 3.8) is 0 Å². The van der Waals surface area contributed by atoms with Crippen LogP contribution in [0.15, 0.2) is 51.4 Å². The molecule has 0 saturated carbocycles. The second-order valence-electron chi connectivity index (χ2n) is 7.67. The van der Waals surface area contributed by atoms with E-state index in [1.165, 1.54) is 0 Å². The Morgan fingerprint density at radius 2 is 1.76 bits per heavy atom. The highest BCUT2D eigenvalue weighted by molar-refractivity contribution is 5.57. The molecule has 0 aliphatic rings. The summed E-state index contributed by atoms with van der Waals surface area (Å²) in [5.74, 6) is 0.778. The number of benzene rings is 2. The van der Waals surface area contributed by atoms with E-state index in [9.17, 15) is 15.2 Å². The SMILES string of the molecule is COc1ccc(CCn2c(O)c(C#N)c(C)c(N=Nc3cc(C)ccc3C)c2=O)cc1OC. The van der Waals surface area contributed by atoms with Gasteiger partial charge in [-0.3, -0.25) is 9.36 Å². The molecule has 0 unspecified atom stereocenters. The van der Waals surface area contributed by atoms with Gasteiger partial charge in [-0.25, -0.2) is 0 Å². The Balaban J connectivity index is 2.01. The first kappa shape index (κ1) is 23.5. The minimum Gasteiger partial charge on any atom is -0.493 e. The van der Waals surface area contributed by atoms with E-state index < -0.39 is 5.56 Å². The van der Waals surface area contributed by atoms with Gasteiger partial charge in [-0.15, -0.1) is 5.11 Å². The fraction of sp³-hybridized carbons (Fsp3) is 0.280. The summed E-state index contributed by atoms with van der Waals surface area (Å²) in [7, 11) is 3.10. The molecule has 0 radical (unpaired) electrons. The molecule has 0 fully saturated rings. The van der Waals surface area contributed by atoms with Gasteiger partial charge in [0.15, 0.2) is 17.2 Å². The molecule has 0 aliphatic heterocycles. The number of hydrogen-bond donors (Lipinski definition) is 1. The van der Waals surface area contributed by atoms with Gasteiger partial charge >= 0.3 is 0 Å². The van der Waals surface area contributed by atoms with Crippen molar-refractivity contribution in [3.8, 4) is 23.4 Å². The van der Waals surface area contributed by atoms with Gasteiger partial charge < -0.3 is 14.6 Å². The lowest BCUT2D eigenvalue weighted by Gasteiger charge is -2.14. The molecule has 0 spiro atoms. The molecule has 1 aromatic heterocycles. The Labute approximate surface area is 192 Å².